The number of nitrogens with one attached hydrogen (secondary N) is 2. The number of benzene rings is 1. The number of nitrogens with zero attached hydrogens (tertiary/aromatic N) is 2. The first-order valence-electron chi connectivity index (χ1n) is 6.58. The molecule has 120 valence electrons. The van der Waals surface area contributed by atoms with Gasteiger partial charge in [0.15, 0.2) is 0 Å². The maximum Gasteiger partial charge on any atom is 0.311 e. The van der Waals surface area contributed by atoms with E-state index in [9.17, 15) is 23.7 Å². The van der Waals surface area contributed by atoms with E-state index >= 15 is 0 Å². The van der Waals surface area contributed by atoms with Crippen LogP contribution in [-0.2, 0) is 0 Å². The fourth-order valence-corrected chi connectivity index (χ4v) is 1.86. The number of carbonyl (C=O) groups excluding carboxylic acids is 1. The Kier molecular flexibility index (Phi) is 4.79. The maximum atomic E-state index is 13.6. The van der Waals surface area contributed by atoms with Gasteiger partial charge in [-0.25, -0.2) is 13.8 Å². The fraction of sp³-hybridized carbons (Fsp3) is 0.143. The molecule has 0 unspecified atom stereocenters. The molecular formula is C14H12F2N4O3. The topological polar surface area (TPSA) is 97.2 Å². The molecule has 1 aromatic carbocycles. The molecule has 0 spiro atoms. The number of nitro groups is 1. The summed E-state index contributed by atoms with van der Waals surface area (Å²) in [6.45, 7) is 2.08. The van der Waals surface area contributed by atoms with Crippen LogP contribution >= 0.6 is 0 Å². The summed E-state index contributed by atoms with van der Waals surface area (Å²) in [5, 5.41) is 15.8. The van der Waals surface area contributed by atoms with Crippen LogP contribution in [0.5, 0.6) is 0 Å². The number of carbonyl (C=O) groups is 1. The highest BCUT2D eigenvalue weighted by Gasteiger charge is 2.20. The van der Waals surface area contributed by atoms with Crippen molar-refractivity contribution in [3.63, 3.8) is 0 Å². The molecular weight excluding hydrogens is 310 g/mol. The Hall–Kier alpha value is -3.10. The van der Waals surface area contributed by atoms with Gasteiger partial charge in [0.1, 0.15) is 23.0 Å². The van der Waals surface area contributed by atoms with Crippen molar-refractivity contribution in [3.05, 3.63) is 57.6 Å². The van der Waals surface area contributed by atoms with Crippen molar-refractivity contribution in [2.24, 2.45) is 0 Å². The second-order valence-corrected chi connectivity index (χ2v) is 4.40. The number of anilines is 2. The predicted molar refractivity (Wildman–Crippen MR) is 79.4 cm³/mol. The van der Waals surface area contributed by atoms with E-state index in [1.54, 1.807) is 6.92 Å². The molecule has 0 fully saturated rings. The molecule has 2 N–H and O–H groups in total. The van der Waals surface area contributed by atoms with Crippen LogP contribution in [0.4, 0.5) is 26.1 Å². The van der Waals surface area contributed by atoms with Gasteiger partial charge >= 0.3 is 5.69 Å². The number of pyridine rings is 1. The maximum absolute atomic E-state index is 13.6. The van der Waals surface area contributed by atoms with Gasteiger partial charge in [-0.05, 0) is 25.1 Å². The van der Waals surface area contributed by atoms with E-state index in [0.29, 0.717) is 6.54 Å². The van der Waals surface area contributed by atoms with Crippen LogP contribution in [0.1, 0.15) is 17.3 Å². The zero-order chi connectivity index (χ0) is 17.0. The number of hydrogen-bond acceptors (Lipinski definition) is 5. The molecule has 1 amide bonds. The molecule has 0 atom stereocenters. The van der Waals surface area contributed by atoms with E-state index in [-0.39, 0.29) is 17.3 Å². The molecule has 7 nitrogen and oxygen atoms in total. The van der Waals surface area contributed by atoms with Gasteiger partial charge in [0.05, 0.1) is 4.92 Å². The molecule has 0 bridgehead atoms. The quantitative estimate of drug-likeness (QED) is 0.651. The summed E-state index contributed by atoms with van der Waals surface area (Å²) < 4.78 is 27.1. The fourth-order valence-electron chi connectivity index (χ4n) is 1.86. The van der Waals surface area contributed by atoms with Crippen molar-refractivity contribution in [3.8, 4) is 0 Å². The standard InChI is InChI=1S/C14H12F2N4O3/c1-2-17-13-10(20(22)23)6-7-11(18-13)19-14(21)12-8(15)4-3-5-9(12)16/h3-7H,2H2,1H3,(H2,17,18,19,21). The van der Waals surface area contributed by atoms with Gasteiger partial charge in [0, 0.05) is 12.6 Å². The summed E-state index contributed by atoms with van der Waals surface area (Å²) in [4.78, 5) is 26.1. The van der Waals surface area contributed by atoms with E-state index < -0.39 is 28.0 Å². The van der Waals surface area contributed by atoms with E-state index in [0.717, 1.165) is 24.3 Å². The summed E-state index contributed by atoms with van der Waals surface area (Å²) in [5.74, 6) is -3.19. The van der Waals surface area contributed by atoms with E-state index in [4.69, 9.17) is 0 Å². The van der Waals surface area contributed by atoms with Gasteiger partial charge < -0.3 is 10.6 Å². The lowest BCUT2D eigenvalue weighted by atomic mass is 10.2. The Morgan fingerprint density at radius 2 is 1.91 bits per heavy atom. The largest absolute Gasteiger partial charge is 0.365 e. The van der Waals surface area contributed by atoms with Crippen LogP contribution in [0.25, 0.3) is 0 Å². The highest BCUT2D eigenvalue weighted by atomic mass is 19.1. The average molecular weight is 322 g/mol. The molecule has 0 aliphatic carbocycles. The monoisotopic (exact) mass is 322 g/mol. The van der Waals surface area contributed by atoms with Crippen LogP contribution in [0.2, 0.25) is 0 Å². The highest BCUT2D eigenvalue weighted by molar-refractivity contribution is 6.04. The normalized spacial score (nSPS) is 10.2. The van der Waals surface area contributed by atoms with Crippen molar-refractivity contribution in [2.75, 3.05) is 17.2 Å². The molecule has 0 radical (unpaired) electrons. The van der Waals surface area contributed by atoms with Gasteiger partial charge in [-0.3, -0.25) is 14.9 Å². The van der Waals surface area contributed by atoms with Crippen molar-refractivity contribution < 1.29 is 18.5 Å². The lowest BCUT2D eigenvalue weighted by Crippen LogP contribution is -2.17. The van der Waals surface area contributed by atoms with Crippen LogP contribution in [0.15, 0.2) is 30.3 Å². The van der Waals surface area contributed by atoms with Crippen molar-refractivity contribution in [1.29, 1.82) is 0 Å². The number of aromatic nitrogens is 1. The van der Waals surface area contributed by atoms with Gasteiger partial charge in [-0.15, -0.1) is 0 Å². The first-order chi connectivity index (χ1) is 10.9. The summed E-state index contributed by atoms with van der Waals surface area (Å²) in [5.41, 5.74) is -1.03. The molecule has 9 heteroatoms. The third-order valence-electron chi connectivity index (χ3n) is 2.85. The van der Waals surface area contributed by atoms with Crippen molar-refractivity contribution in [2.45, 2.75) is 6.92 Å². The molecule has 1 heterocycles. The Morgan fingerprint density at radius 1 is 1.26 bits per heavy atom. The summed E-state index contributed by atoms with van der Waals surface area (Å²) in [6, 6.07) is 5.35. The molecule has 0 saturated carbocycles. The van der Waals surface area contributed by atoms with Gasteiger partial charge in [0.2, 0.25) is 5.82 Å². The summed E-state index contributed by atoms with van der Waals surface area (Å²) in [7, 11) is 0. The molecule has 0 aliphatic rings. The number of amides is 1. The SMILES string of the molecule is CCNc1nc(NC(=O)c2c(F)cccc2F)ccc1[N+](=O)[O-]. The minimum Gasteiger partial charge on any atom is -0.365 e. The molecule has 0 aliphatic heterocycles. The number of rotatable bonds is 5. The highest BCUT2D eigenvalue weighted by Crippen LogP contribution is 2.24. The minimum absolute atomic E-state index is 0.0516. The molecule has 2 rings (SSSR count). The van der Waals surface area contributed by atoms with E-state index in [1.165, 1.54) is 6.07 Å². The zero-order valence-corrected chi connectivity index (χ0v) is 12.0. The van der Waals surface area contributed by atoms with E-state index in [1.807, 2.05) is 0 Å². The van der Waals surface area contributed by atoms with Crippen LogP contribution < -0.4 is 10.6 Å². The minimum atomic E-state index is -1.04. The van der Waals surface area contributed by atoms with Gasteiger partial charge in [-0.1, -0.05) is 6.07 Å². The lowest BCUT2D eigenvalue weighted by molar-refractivity contribution is -0.384. The smallest absolute Gasteiger partial charge is 0.311 e. The number of halogens is 2. The summed E-state index contributed by atoms with van der Waals surface area (Å²) >= 11 is 0. The van der Waals surface area contributed by atoms with Crippen molar-refractivity contribution in [1.82, 2.24) is 4.98 Å². The summed E-state index contributed by atoms with van der Waals surface area (Å²) in [6.07, 6.45) is 0. The molecule has 0 saturated heterocycles. The molecule has 23 heavy (non-hydrogen) atoms. The van der Waals surface area contributed by atoms with E-state index in [2.05, 4.69) is 15.6 Å². The average Bonchev–Trinajstić information content (AvgIpc) is 2.47. The van der Waals surface area contributed by atoms with Crippen LogP contribution in [-0.4, -0.2) is 22.4 Å². The Balaban J connectivity index is 2.31. The third-order valence-corrected chi connectivity index (χ3v) is 2.85. The first kappa shape index (κ1) is 16.3. The van der Waals surface area contributed by atoms with Crippen LogP contribution in [0.3, 0.4) is 0 Å². The first-order valence-corrected chi connectivity index (χ1v) is 6.58. The lowest BCUT2D eigenvalue weighted by Gasteiger charge is -2.09. The zero-order valence-electron chi connectivity index (χ0n) is 12.0. The van der Waals surface area contributed by atoms with Crippen LogP contribution in [0, 0.1) is 21.7 Å². The molecule has 2 aromatic rings. The predicted octanol–water partition coefficient (Wildman–Crippen LogP) is 2.95. The second-order valence-electron chi connectivity index (χ2n) is 4.40. The molecule has 1 aromatic heterocycles. The van der Waals surface area contributed by atoms with Gasteiger partial charge in [-0.2, -0.15) is 0 Å². The third kappa shape index (κ3) is 3.57. The second kappa shape index (κ2) is 6.77. The Bertz CT molecular complexity index is 747. The Labute approximate surface area is 129 Å². The van der Waals surface area contributed by atoms with Gasteiger partial charge in [0.25, 0.3) is 5.91 Å². The number of hydrogen-bond donors (Lipinski definition) is 2. The van der Waals surface area contributed by atoms with Crippen molar-refractivity contribution >= 4 is 23.2 Å². The Morgan fingerprint density at radius 3 is 2.48 bits per heavy atom.